The van der Waals surface area contributed by atoms with Crippen LogP contribution in [0.15, 0.2) is 36.4 Å². The average molecular weight is 341 g/mol. The van der Waals surface area contributed by atoms with Gasteiger partial charge >= 0.3 is 0 Å². The van der Waals surface area contributed by atoms with E-state index in [9.17, 15) is 4.79 Å². The Kier molecular flexibility index (Phi) is 6.07. The number of rotatable bonds is 6. The summed E-state index contributed by atoms with van der Waals surface area (Å²) >= 11 is 0. The van der Waals surface area contributed by atoms with Crippen molar-refractivity contribution in [2.75, 3.05) is 19.5 Å². The number of para-hydroxylation sites is 1. The fraction of sp³-hybridized carbons (Fsp3) is 0.381. The summed E-state index contributed by atoms with van der Waals surface area (Å²) in [7, 11) is 3.14. The minimum absolute atomic E-state index is 0.174. The highest BCUT2D eigenvalue weighted by molar-refractivity contribution is 6.05. The molecule has 0 atom stereocenters. The van der Waals surface area contributed by atoms with E-state index < -0.39 is 0 Å². The van der Waals surface area contributed by atoms with Crippen molar-refractivity contribution >= 4 is 11.6 Å². The fourth-order valence-corrected chi connectivity index (χ4v) is 2.82. The Morgan fingerprint density at radius 2 is 1.36 bits per heavy atom. The van der Waals surface area contributed by atoms with Crippen molar-refractivity contribution in [3.8, 4) is 11.5 Å². The number of hydrogen-bond donors (Lipinski definition) is 1. The lowest BCUT2D eigenvalue weighted by atomic mass is 9.92. The van der Waals surface area contributed by atoms with Crippen LogP contribution in [0.3, 0.4) is 0 Å². The zero-order valence-corrected chi connectivity index (χ0v) is 15.8. The van der Waals surface area contributed by atoms with Gasteiger partial charge in [-0.05, 0) is 35.1 Å². The Bertz CT molecular complexity index is 702. The van der Waals surface area contributed by atoms with Gasteiger partial charge in [-0.1, -0.05) is 45.9 Å². The van der Waals surface area contributed by atoms with Crippen molar-refractivity contribution in [1.82, 2.24) is 0 Å². The van der Waals surface area contributed by atoms with E-state index in [1.54, 1.807) is 32.4 Å². The molecule has 2 aromatic carbocycles. The average Bonchev–Trinajstić information content (AvgIpc) is 2.60. The molecule has 134 valence electrons. The molecule has 0 radical (unpaired) electrons. The van der Waals surface area contributed by atoms with Crippen LogP contribution in [0.5, 0.6) is 11.5 Å². The van der Waals surface area contributed by atoms with Crippen LogP contribution in [0, 0.1) is 0 Å². The van der Waals surface area contributed by atoms with E-state index in [2.05, 4.69) is 51.2 Å². The van der Waals surface area contributed by atoms with E-state index in [4.69, 9.17) is 9.47 Å². The van der Waals surface area contributed by atoms with Crippen LogP contribution in [0.25, 0.3) is 0 Å². The summed E-state index contributed by atoms with van der Waals surface area (Å²) in [6.45, 7) is 8.51. The maximum atomic E-state index is 12.9. The highest BCUT2D eigenvalue weighted by Gasteiger charge is 2.17. The minimum atomic E-state index is -0.174. The zero-order valence-electron chi connectivity index (χ0n) is 15.8. The molecule has 4 nitrogen and oxygen atoms in total. The van der Waals surface area contributed by atoms with Gasteiger partial charge in [-0.3, -0.25) is 4.79 Å². The SMILES string of the molecule is COc1cc(OC)cc(C(=O)Nc2c(C(C)C)cccc2C(C)C)c1. The van der Waals surface area contributed by atoms with E-state index in [1.165, 1.54) is 0 Å². The van der Waals surface area contributed by atoms with Crippen molar-refractivity contribution in [2.45, 2.75) is 39.5 Å². The first-order valence-corrected chi connectivity index (χ1v) is 8.54. The molecule has 25 heavy (non-hydrogen) atoms. The summed E-state index contributed by atoms with van der Waals surface area (Å²) < 4.78 is 10.5. The van der Waals surface area contributed by atoms with Crippen molar-refractivity contribution in [3.63, 3.8) is 0 Å². The Morgan fingerprint density at radius 1 is 0.880 bits per heavy atom. The van der Waals surface area contributed by atoms with Gasteiger partial charge in [0.15, 0.2) is 0 Å². The van der Waals surface area contributed by atoms with Crippen LogP contribution in [-0.2, 0) is 0 Å². The van der Waals surface area contributed by atoms with E-state index in [0.717, 1.165) is 16.8 Å². The highest BCUT2D eigenvalue weighted by atomic mass is 16.5. The Morgan fingerprint density at radius 3 is 1.76 bits per heavy atom. The molecule has 0 fully saturated rings. The van der Waals surface area contributed by atoms with Gasteiger partial charge in [0, 0.05) is 17.3 Å². The van der Waals surface area contributed by atoms with E-state index in [0.29, 0.717) is 28.9 Å². The summed E-state index contributed by atoms with van der Waals surface area (Å²) in [5.41, 5.74) is 3.67. The van der Waals surface area contributed by atoms with Crippen molar-refractivity contribution in [2.24, 2.45) is 0 Å². The molecule has 0 aliphatic heterocycles. The fourth-order valence-electron chi connectivity index (χ4n) is 2.82. The largest absolute Gasteiger partial charge is 0.497 e. The van der Waals surface area contributed by atoms with Crippen molar-refractivity contribution in [1.29, 1.82) is 0 Å². The van der Waals surface area contributed by atoms with Crippen LogP contribution in [0.4, 0.5) is 5.69 Å². The van der Waals surface area contributed by atoms with Crippen LogP contribution in [-0.4, -0.2) is 20.1 Å². The van der Waals surface area contributed by atoms with Crippen LogP contribution >= 0.6 is 0 Å². The molecule has 0 spiro atoms. The summed E-state index contributed by atoms with van der Waals surface area (Å²) in [5.74, 6) is 1.63. The predicted molar refractivity (Wildman–Crippen MR) is 102 cm³/mol. The number of hydrogen-bond acceptors (Lipinski definition) is 3. The first-order valence-electron chi connectivity index (χ1n) is 8.54. The topological polar surface area (TPSA) is 47.6 Å². The number of ether oxygens (including phenoxy) is 2. The number of anilines is 1. The number of benzene rings is 2. The van der Waals surface area contributed by atoms with E-state index in [-0.39, 0.29) is 5.91 Å². The molecule has 0 saturated carbocycles. The Hall–Kier alpha value is -2.49. The number of carbonyl (C=O) groups excluding carboxylic acids is 1. The third-order valence-electron chi connectivity index (χ3n) is 4.23. The second-order valence-electron chi connectivity index (χ2n) is 6.68. The molecule has 0 aromatic heterocycles. The van der Waals surface area contributed by atoms with Gasteiger partial charge < -0.3 is 14.8 Å². The van der Waals surface area contributed by atoms with Gasteiger partial charge in [-0.25, -0.2) is 0 Å². The molecule has 0 bridgehead atoms. The van der Waals surface area contributed by atoms with Gasteiger partial charge in [0.1, 0.15) is 11.5 Å². The normalized spacial score (nSPS) is 10.9. The second kappa shape index (κ2) is 8.06. The Labute approximate surface area is 150 Å². The molecule has 0 heterocycles. The molecule has 1 amide bonds. The maximum Gasteiger partial charge on any atom is 0.255 e. The molecule has 0 unspecified atom stereocenters. The minimum Gasteiger partial charge on any atom is -0.497 e. The lowest BCUT2D eigenvalue weighted by molar-refractivity contribution is 0.102. The number of carbonyl (C=O) groups is 1. The molecule has 1 N–H and O–H groups in total. The number of nitrogens with one attached hydrogen (secondary N) is 1. The van der Waals surface area contributed by atoms with Gasteiger partial charge in [-0.2, -0.15) is 0 Å². The van der Waals surface area contributed by atoms with Gasteiger partial charge in [0.25, 0.3) is 5.91 Å². The van der Waals surface area contributed by atoms with Crippen LogP contribution in [0.1, 0.15) is 61.0 Å². The van der Waals surface area contributed by atoms with Gasteiger partial charge in [-0.15, -0.1) is 0 Å². The number of methoxy groups -OCH3 is 2. The Balaban J connectivity index is 2.44. The molecule has 2 rings (SSSR count). The standard InChI is InChI=1S/C21H27NO3/c1-13(2)18-8-7-9-19(14(3)4)20(18)22-21(23)15-10-16(24-5)12-17(11-15)25-6/h7-14H,1-6H3,(H,22,23). The van der Waals surface area contributed by atoms with E-state index >= 15 is 0 Å². The third kappa shape index (κ3) is 4.32. The molecule has 0 aliphatic carbocycles. The second-order valence-corrected chi connectivity index (χ2v) is 6.68. The molecule has 0 aliphatic rings. The lowest BCUT2D eigenvalue weighted by Crippen LogP contribution is -2.16. The quantitative estimate of drug-likeness (QED) is 0.785. The van der Waals surface area contributed by atoms with E-state index in [1.807, 2.05) is 0 Å². The van der Waals surface area contributed by atoms with Crippen LogP contribution < -0.4 is 14.8 Å². The molecule has 2 aromatic rings. The van der Waals surface area contributed by atoms with Gasteiger partial charge in [0.2, 0.25) is 0 Å². The summed E-state index contributed by atoms with van der Waals surface area (Å²) in [5, 5.41) is 3.11. The smallest absolute Gasteiger partial charge is 0.255 e. The maximum absolute atomic E-state index is 12.9. The van der Waals surface area contributed by atoms with Crippen molar-refractivity contribution in [3.05, 3.63) is 53.1 Å². The summed E-state index contributed by atoms with van der Waals surface area (Å²) in [6.07, 6.45) is 0. The monoisotopic (exact) mass is 341 g/mol. The first kappa shape index (κ1) is 18.8. The molecular weight excluding hydrogens is 314 g/mol. The summed E-state index contributed by atoms with van der Waals surface area (Å²) in [6, 6.07) is 11.4. The highest BCUT2D eigenvalue weighted by Crippen LogP contribution is 2.33. The number of amides is 1. The zero-order chi connectivity index (χ0) is 18.6. The third-order valence-corrected chi connectivity index (χ3v) is 4.23. The van der Waals surface area contributed by atoms with Crippen molar-refractivity contribution < 1.29 is 14.3 Å². The predicted octanol–water partition coefficient (Wildman–Crippen LogP) is 5.20. The summed E-state index contributed by atoms with van der Waals surface area (Å²) in [4.78, 5) is 12.9. The van der Waals surface area contributed by atoms with Crippen LogP contribution in [0.2, 0.25) is 0 Å². The molecular formula is C21H27NO3. The van der Waals surface area contributed by atoms with Gasteiger partial charge in [0.05, 0.1) is 14.2 Å². The lowest BCUT2D eigenvalue weighted by Gasteiger charge is -2.20. The molecule has 4 heteroatoms. The molecule has 0 saturated heterocycles. The first-order chi connectivity index (χ1) is 11.9.